The number of nitrogens with one attached hydrogen (secondary N) is 1. The monoisotopic (exact) mass is 419 g/mol. The molecule has 1 fully saturated rings. The third kappa shape index (κ3) is 4.57. The van der Waals surface area contributed by atoms with Gasteiger partial charge in [-0.1, -0.05) is 31.0 Å². The Kier molecular flexibility index (Phi) is 7.14. The summed E-state index contributed by atoms with van der Waals surface area (Å²) in [5, 5.41) is 3.66. The number of methoxy groups -OCH3 is 2. The van der Waals surface area contributed by atoms with E-state index in [0.717, 1.165) is 36.1 Å². The van der Waals surface area contributed by atoms with E-state index >= 15 is 0 Å². The molecule has 0 spiro atoms. The lowest BCUT2D eigenvalue weighted by Crippen LogP contribution is -2.43. The molecule has 158 valence electrons. The average molecular weight is 420 g/mol. The quantitative estimate of drug-likeness (QED) is 0.722. The topological polar surface area (TPSA) is 49.0 Å². The number of benzene rings is 2. The Morgan fingerprint density at radius 1 is 1.00 bits per heavy atom. The second-order valence-corrected chi connectivity index (χ2v) is 7.69. The zero-order chi connectivity index (χ0) is 19.4. The molecule has 6 heteroatoms. The summed E-state index contributed by atoms with van der Waals surface area (Å²) in [5.41, 5.74) is 1.45. The molecule has 1 aliphatic heterocycles. The molecule has 0 aromatic heterocycles. The van der Waals surface area contributed by atoms with E-state index in [1.54, 1.807) is 14.2 Å². The molecule has 0 radical (unpaired) electrons. The molecule has 0 bridgehead atoms. The third-order valence-corrected chi connectivity index (χ3v) is 5.96. The molecule has 1 atom stereocenters. The minimum Gasteiger partial charge on any atom is -0.493 e. The van der Waals surface area contributed by atoms with E-state index in [1.807, 2.05) is 30.3 Å². The zero-order valence-electron chi connectivity index (χ0n) is 17.1. The molecule has 2 aromatic rings. The maximum Gasteiger partial charge on any atom is 0.161 e. The highest BCUT2D eigenvalue weighted by atomic mass is 35.5. The molecule has 2 aromatic carbocycles. The second-order valence-electron chi connectivity index (χ2n) is 7.69. The fourth-order valence-electron chi connectivity index (χ4n) is 4.42. The van der Waals surface area contributed by atoms with E-state index in [1.165, 1.54) is 31.2 Å². The average Bonchev–Trinajstić information content (AvgIpc) is 3.23. The van der Waals surface area contributed by atoms with Gasteiger partial charge in [0.1, 0.15) is 12.7 Å². The van der Waals surface area contributed by atoms with Crippen LogP contribution in [0.1, 0.15) is 31.2 Å². The Morgan fingerprint density at radius 3 is 2.45 bits per heavy atom. The van der Waals surface area contributed by atoms with Crippen LogP contribution >= 0.6 is 12.4 Å². The van der Waals surface area contributed by atoms with Crippen molar-refractivity contribution < 1.29 is 18.9 Å². The van der Waals surface area contributed by atoms with Gasteiger partial charge in [0.25, 0.3) is 0 Å². The van der Waals surface area contributed by atoms with Crippen LogP contribution < -0.4 is 24.3 Å². The minimum absolute atomic E-state index is 0. The van der Waals surface area contributed by atoms with Crippen molar-refractivity contribution in [1.82, 2.24) is 5.32 Å². The highest BCUT2D eigenvalue weighted by Crippen LogP contribution is 2.43. The van der Waals surface area contributed by atoms with Crippen molar-refractivity contribution >= 4 is 12.4 Å². The molecular weight excluding hydrogens is 390 g/mol. The minimum atomic E-state index is 0. The van der Waals surface area contributed by atoms with E-state index < -0.39 is 0 Å². The standard InChI is InChI=1S/C23H29NO4.ClH/c1-25-19-10-9-17(13-22(19)26-2)23(11-5-6-12-23)16-24-14-18-15-27-20-7-3-4-8-21(20)28-18;/h3-4,7-10,13,18,24H,5-6,11-12,14-16H2,1-2H3;1H. The maximum atomic E-state index is 6.08. The molecule has 29 heavy (non-hydrogen) atoms. The number of hydrogen-bond acceptors (Lipinski definition) is 5. The fraction of sp³-hybridized carbons (Fsp3) is 0.478. The van der Waals surface area contributed by atoms with E-state index in [9.17, 15) is 0 Å². The van der Waals surface area contributed by atoms with Crippen LogP contribution in [-0.4, -0.2) is 40.0 Å². The molecule has 1 N–H and O–H groups in total. The Hall–Kier alpha value is -2.11. The number of halogens is 1. The first-order chi connectivity index (χ1) is 13.7. The predicted octanol–water partition coefficient (Wildman–Crippen LogP) is 4.37. The van der Waals surface area contributed by atoms with Crippen LogP contribution in [-0.2, 0) is 5.41 Å². The Bertz CT molecular complexity index is 807. The first-order valence-electron chi connectivity index (χ1n) is 10.1. The normalized spacial score (nSPS) is 19.3. The van der Waals surface area contributed by atoms with Crippen molar-refractivity contribution in [1.29, 1.82) is 0 Å². The second kappa shape index (κ2) is 9.59. The first-order valence-corrected chi connectivity index (χ1v) is 10.1. The lowest BCUT2D eigenvalue weighted by atomic mass is 9.78. The van der Waals surface area contributed by atoms with Gasteiger partial charge in [0.05, 0.1) is 14.2 Å². The number of rotatable bonds is 7. The van der Waals surface area contributed by atoms with Gasteiger partial charge in [0.2, 0.25) is 0 Å². The molecule has 1 aliphatic carbocycles. The highest BCUT2D eigenvalue weighted by molar-refractivity contribution is 5.85. The van der Waals surface area contributed by atoms with Crippen LogP contribution in [0, 0.1) is 0 Å². The highest BCUT2D eigenvalue weighted by Gasteiger charge is 2.36. The first kappa shape index (κ1) is 21.6. The van der Waals surface area contributed by atoms with Gasteiger partial charge in [-0.2, -0.15) is 0 Å². The van der Waals surface area contributed by atoms with Crippen LogP contribution in [0.5, 0.6) is 23.0 Å². The number of para-hydroxylation sites is 2. The molecular formula is C23H30ClNO4. The SMILES string of the molecule is COc1ccc(C2(CNCC3COc4ccccc4O3)CCCC2)cc1OC.Cl. The van der Waals surface area contributed by atoms with Gasteiger partial charge < -0.3 is 24.3 Å². The summed E-state index contributed by atoms with van der Waals surface area (Å²) in [4.78, 5) is 0. The molecule has 5 nitrogen and oxygen atoms in total. The van der Waals surface area contributed by atoms with Crippen LogP contribution in [0.25, 0.3) is 0 Å². The van der Waals surface area contributed by atoms with Gasteiger partial charge in [-0.3, -0.25) is 0 Å². The Morgan fingerprint density at radius 2 is 1.72 bits per heavy atom. The summed E-state index contributed by atoms with van der Waals surface area (Å²) in [6, 6.07) is 14.2. The van der Waals surface area contributed by atoms with Gasteiger partial charge >= 0.3 is 0 Å². The zero-order valence-corrected chi connectivity index (χ0v) is 17.9. The van der Waals surface area contributed by atoms with E-state index in [2.05, 4.69) is 17.4 Å². The smallest absolute Gasteiger partial charge is 0.161 e. The van der Waals surface area contributed by atoms with Crippen LogP contribution in [0.3, 0.4) is 0 Å². The van der Waals surface area contributed by atoms with Crippen molar-refractivity contribution in [3.05, 3.63) is 48.0 Å². The summed E-state index contributed by atoms with van der Waals surface area (Å²) in [6.45, 7) is 2.26. The van der Waals surface area contributed by atoms with E-state index in [0.29, 0.717) is 6.61 Å². The van der Waals surface area contributed by atoms with Crippen molar-refractivity contribution in [3.8, 4) is 23.0 Å². The van der Waals surface area contributed by atoms with Gasteiger partial charge in [-0.05, 0) is 42.7 Å². The summed E-state index contributed by atoms with van der Waals surface area (Å²) in [6.07, 6.45) is 4.90. The van der Waals surface area contributed by atoms with E-state index in [-0.39, 0.29) is 23.9 Å². The molecule has 0 amide bonds. The van der Waals surface area contributed by atoms with Gasteiger partial charge in [0.15, 0.2) is 23.0 Å². The van der Waals surface area contributed by atoms with Crippen molar-refractivity contribution in [3.63, 3.8) is 0 Å². The summed E-state index contributed by atoms with van der Waals surface area (Å²) in [7, 11) is 3.37. The summed E-state index contributed by atoms with van der Waals surface area (Å²) < 4.78 is 22.8. The molecule has 1 saturated carbocycles. The van der Waals surface area contributed by atoms with Crippen LogP contribution in [0.2, 0.25) is 0 Å². The van der Waals surface area contributed by atoms with Gasteiger partial charge in [0, 0.05) is 18.5 Å². The third-order valence-electron chi connectivity index (χ3n) is 5.96. The van der Waals surface area contributed by atoms with E-state index in [4.69, 9.17) is 18.9 Å². The molecule has 1 heterocycles. The summed E-state index contributed by atoms with van der Waals surface area (Å²) >= 11 is 0. The van der Waals surface area contributed by atoms with Crippen LogP contribution in [0.4, 0.5) is 0 Å². The maximum absolute atomic E-state index is 6.08. The number of hydrogen-bond donors (Lipinski definition) is 1. The van der Waals surface area contributed by atoms with Gasteiger partial charge in [-0.15, -0.1) is 12.4 Å². The molecule has 2 aliphatic rings. The molecule has 4 rings (SSSR count). The largest absolute Gasteiger partial charge is 0.493 e. The molecule has 1 unspecified atom stereocenters. The number of ether oxygens (including phenoxy) is 4. The van der Waals surface area contributed by atoms with Gasteiger partial charge in [-0.25, -0.2) is 0 Å². The number of fused-ring (bicyclic) bond motifs is 1. The predicted molar refractivity (Wildman–Crippen MR) is 116 cm³/mol. The lowest BCUT2D eigenvalue weighted by Gasteiger charge is -2.32. The Labute approximate surface area is 179 Å². The Balaban J connectivity index is 0.00000240. The molecule has 0 saturated heterocycles. The lowest BCUT2D eigenvalue weighted by molar-refractivity contribution is 0.0891. The van der Waals surface area contributed by atoms with Crippen molar-refractivity contribution in [2.24, 2.45) is 0 Å². The van der Waals surface area contributed by atoms with Crippen molar-refractivity contribution in [2.45, 2.75) is 37.2 Å². The summed E-state index contributed by atoms with van der Waals surface area (Å²) in [5.74, 6) is 3.23. The van der Waals surface area contributed by atoms with Crippen LogP contribution in [0.15, 0.2) is 42.5 Å². The van der Waals surface area contributed by atoms with Crippen molar-refractivity contribution in [2.75, 3.05) is 33.9 Å². The fourth-order valence-corrected chi connectivity index (χ4v) is 4.42.